The van der Waals surface area contributed by atoms with E-state index in [0.29, 0.717) is 16.8 Å². The fourth-order valence-electron chi connectivity index (χ4n) is 3.14. The number of ketones is 1. The van der Waals surface area contributed by atoms with Crippen LogP contribution < -0.4 is 10.4 Å². The SMILES string of the molecule is O=C1CSC2CCC3=c4ccccc4=CC3=C12. The topological polar surface area (TPSA) is 17.1 Å². The van der Waals surface area contributed by atoms with Gasteiger partial charge >= 0.3 is 0 Å². The van der Waals surface area contributed by atoms with Crippen LogP contribution in [0.25, 0.3) is 11.6 Å². The van der Waals surface area contributed by atoms with Crippen LogP contribution >= 0.6 is 11.8 Å². The molecule has 0 bridgehead atoms. The average Bonchev–Trinajstić information content (AvgIpc) is 2.90. The molecule has 2 heteroatoms. The average molecular weight is 240 g/mol. The highest BCUT2D eigenvalue weighted by molar-refractivity contribution is 8.01. The molecule has 0 radical (unpaired) electrons. The molecule has 0 aromatic heterocycles. The Morgan fingerprint density at radius 1 is 1.24 bits per heavy atom. The van der Waals surface area contributed by atoms with E-state index in [0.717, 1.165) is 18.4 Å². The first kappa shape index (κ1) is 9.72. The molecule has 1 aliphatic heterocycles. The van der Waals surface area contributed by atoms with Gasteiger partial charge in [-0.1, -0.05) is 24.3 Å². The van der Waals surface area contributed by atoms with Gasteiger partial charge in [0.15, 0.2) is 5.78 Å². The van der Waals surface area contributed by atoms with E-state index in [9.17, 15) is 4.79 Å². The van der Waals surface area contributed by atoms with Crippen molar-refractivity contribution in [2.75, 3.05) is 5.75 Å². The lowest BCUT2D eigenvalue weighted by Gasteiger charge is -2.20. The van der Waals surface area contributed by atoms with Gasteiger partial charge in [0.2, 0.25) is 0 Å². The summed E-state index contributed by atoms with van der Waals surface area (Å²) in [7, 11) is 0. The summed E-state index contributed by atoms with van der Waals surface area (Å²) in [5.41, 5.74) is 3.76. The van der Waals surface area contributed by atoms with E-state index < -0.39 is 0 Å². The summed E-state index contributed by atoms with van der Waals surface area (Å²) < 4.78 is 0. The minimum atomic E-state index is 0.358. The maximum absolute atomic E-state index is 12.0. The maximum Gasteiger partial charge on any atom is 0.170 e. The van der Waals surface area contributed by atoms with E-state index in [1.54, 1.807) is 0 Å². The summed E-state index contributed by atoms with van der Waals surface area (Å²) in [5, 5.41) is 3.10. The summed E-state index contributed by atoms with van der Waals surface area (Å²) in [6.45, 7) is 0. The number of carbonyl (C=O) groups excluding carboxylic acids is 1. The molecule has 1 saturated heterocycles. The molecule has 1 nitrogen and oxygen atoms in total. The molecule has 3 aliphatic rings. The molecule has 1 atom stereocenters. The van der Waals surface area contributed by atoms with Gasteiger partial charge in [-0.25, -0.2) is 0 Å². The number of hydrogen-bond donors (Lipinski definition) is 0. The molecule has 1 aromatic carbocycles. The number of thioether (sulfide) groups is 1. The molecular formula is C15H12OS. The van der Waals surface area contributed by atoms with E-state index in [4.69, 9.17) is 0 Å². The molecule has 84 valence electrons. The van der Waals surface area contributed by atoms with Gasteiger partial charge in [-0.2, -0.15) is 0 Å². The van der Waals surface area contributed by atoms with Crippen molar-refractivity contribution in [3.8, 4) is 0 Å². The van der Waals surface area contributed by atoms with Crippen LogP contribution in [0.3, 0.4) is 0 Å². The standard InChI is InChI=1S/C15H12OS/c16-13-8-17-14-6-5-11-10-4-2-1-3-9(10)7-12(11)15(13)14/h1-4,7,14H,5-6,8H2. The minimum Gasteiger partial charge on any atom is -0.294 e. The second-order valence-corrected chi connectivity index (χ2v) is 5.99. The largest absolute Gasteiger partial charge is 0.294 e. The fraction of sp³-hybridized carbons (Fsp3) is 0.267. The van der Waals surface area contributed by atoms with Crippen molar-refractivity contribution in [2.24, 2.45) is 0 Å². The zero-order valence-corrected chi connectivity index (χ0v) is 10.2. The Morgan fingerprint density at radius 3 is 3.06 bits per heavy atom. The number of rotatable bonds is 0. The molecule has 17 heavy (non-hydrogen) atoms. The Bertz CT molecular complexity index is 681. The van der Waals surface area contributed by atoms with Gasteiger partial charge in [0, 0.05) is 10.8 Å². The first-order valence-electron chi connectivity index (χ1n) is 6.04. The van der Waals surface area contributed by atoms with Crippen LogP contribution in [0.2, 0.25) is 0 Å². The van der Waals surface area contributed by atoms with Gasteiger partial charge in [-0.15, -0.1) is 11.8 Å². The molecule has 4 rings (SSSR count). The summed E-state index contributed by atoms with van der Waals surface area (Å²) in [6.07, 6.45) is 4.47. The van der Waals surface area contributed by atoms with Crippen LogP contribution in [-0.4, -0.2) is 16.8 Å². The highest BCUT2D eigenvalue weighted by Gasteiger charge is 2.36. The number of benzene rings is 1. The third kappa shape index (κ3) is 1.25. The lowest BCUT2D eigenvalue weighted by molar-refractivity contribution is -0.113. The molecule has 2 aliphatic carbocycles. The number of Topliss-reactive ketones (excluding diaryl/α,β-unsaturated/α-hetero) is 1. The fourth-order valence-corrected chi connectivity index (χ4v) is 4.36. The monoisotopic (exact) mass is 240 g/mol. The van der Waals surface area contributed by atoms with E-state index in [2.05, 4.69) is 30.3 Å². The molecule has 1 fully saturated rings. The Kier molecular flexibility index (Phi) is 1.92. The zero-order chi connectivity index (χ0) is 11.4. The highest BCUT2D eigenvalue weighted by atomic mass is 32.2. The minimum absolute atomic E-state index is 0.358. The van der Waals surface area contributed by atoms with E-state index in [-0.39, 0.29) is 0 Å². The van der Waals surface area contributed by atoms with Gasteiger partial charge < -0.3 is 0 Å². The van der Waals surface area contributed by atoms with Gasteiger partial charge in [-0.05, 0) is 40.5 Å². The number of allylic oxidation sites excluding steroid dienone is 1. The van der Waals surface area contributed by atoms with Gasteiger partial charge in [-0.3, -0.25) is 4.79 Å². The molecule has 1 unspecified atom stereocenters. The lowest BCUT2D eigenvalue weighted by atomic mass is 9.86. The van der Waals surface area contributed by atoms with Crippen LogP contribution in [0.5, 0.6) is 0 Å². The predicted octanol–water partition coefficient (Wildman–Crippen LogP) is 1.41. The Hall–Kier alpha value is -1.28. The maximum atomic E-state index is 12.0. The second-order valence-electron chi connectivity index (χ2n) is 4.80. The summed E-state index contributed by atoms with van der Waals surface area (Å²) >= 11 is 1.82. The number of fused-ring (bicyclic) bond motifs is 3. The number of hydrogen-bond acceptors (Lipinski definition) is 2. The molecule has 0 amide bonds. The van der Waals surface area contributed by atoms with Crippen LogP contribution in [0.4, 0.5) is 0 Å². The lowest BCUT2D eigenvalue weighted by Crippen LogP contribution is -2.23. The Labute approximate surface area is 104 Å². The summed E-state index contributed by atoms with van der Waals surface area (Å²) in [6, 6.07) is 8.49. The Balaban J connectivity index is 2.10. The van der Waals surface area contributed by atoms with Crippen molar-refractivity contribution in [1.82, 2.24) is 0 Å². The number of carbonyl (C=O) groups is 1. The van der Waals surface area contributed by atoms with Crippen molar-refractivity contribution in [2.45, 2.75) is 18.1 Å². The Morgan fingerprint density at radius 2 is 2.12 bits per heavy atom. The smallest absolute Gasteiger partial charge is 0.170 e. The van der Waals surface area contributed by atoms with Gasteiger partial charge in [0.05, 0.1) is 5.75 Å². The van der Waals surface area contributed by atoms with Crippen molar-refractivity contribution < 1.29 is 4.79 Å². The van der Waals surface area contributed by atoms with Crippen molar-refractivity contribution in [1.29, 1.82) is 0 Å². The highest BCUT2D eigenvalue weighted by Crippen LogP contribution is 2.43. The molecule has 1 aromatic rings. The van der Waals surface area contributed by atoms with E-state index in [1.807, 2.05) is 11.8 Å². The summed E-state index contributed by atoms with van der Waals surface area (Å²) in [5.74, 6) is 1.04. The summed E-state index contributed by atoms with van der Waals surface area (Å²) in [4.78, 5) is 12.0. The van der Waals surface area contributed by atoms with Crippen LogP contribution in [0.15, 0.2) is 35.4 Å². The predicted molar refractivity (Wildman–Crippen MR) is 71.1 cm³/mol. The van der Waals surface area contributed by atoms with Gasteiger partial charge in [0.1, 0.15) is 0 Å². The second kappa shape index (κ2) is 3.36. The van der Waals surface area contributed by atoms with Gasteiger partial charge in [0.25, 0.3) is 0 Å². The van der Waals surface area contributed by atoms with E-state index >= 15 is 0 Å². The van der Waals surface area contributed by atoms with Crippen molar-refractivity contribution in [3.63, 3.8) is 0 Å². The van der Waals surface area contributed by atoms with E-state index in [1.165, 1.54) is 21.6 Å². The third-order valence-corrected chi connectivity index (χ3v) is 5.20. The normalized spacial score (nSPS) is 25.5. The quantitative estimate of drug-likeness (QED) is 0.682. The van der Waals surface area contributed by atoms with Crippen LogP contribution in [0, 0.1) is 0 Å². The molecular weight excluding hydrogens is 228 g/mol. The van der Waals surface area contributed by atoms with Crippen LogP contribution in [0.1, 0.15) is 12.8 Å². The van der Waals surface area contributed by atoms with Crippen molar-refractivity contribution >= 4 is 29.2 Å². The molecule has 0 saturated carbocycles. The van der Waals surface area contributed by atoms with Crippen LogP contribution in [-0.2, 0) is 4.79 Å². The molecule has 0 N–H and O–H groups in total. The first-order valence-corrected chi connectivity index (χ1v) is 7.09. The van der Waals surface area contributed by atoms with Crippen molar-refractivity contribution in [3.05, 3.63) is 45.8 Å². The third-order valence-electron chi connectivity index (χ3n) is 3.90. The zero-order valence-electron chi connectivity index (χ0n) is 9.40. The first-order chi connectivity index (χ1) is 8.34. The molecule has 1 heterocycles. The molecule has 0 spiro atoms.